The molecule has 6 heterocycles. The van der Waals surface area contributed by atoms with E-state index in [0.29, 0.717) is 68.5 Å². The van der Waals surface area contributed by atoms with Gasteiger partial charge in [0, 0.05) is 60.5 Å². The SMILES string of the molecule is C[C@@H](O)C(=O)N1CC(NC(=O)c2cnc(N)c3nc(-c4cccc(F)c4)ccc23)C1.C[C@@H](O)C(=O)O.Nc1ncc(C(=O)NC2CNC2)c2ccc(-c3cccc(F)c3)nc12. The Balaban J connectivity index is 0.000000182. The van der Waals surface area contributed by atoms with E-state index in [1.165, 1.54) is 55.4 Å². The number of nitrogens with zero attached hydrogens (tertiary/aromatic N) is 5. The van der Waals surface area contributed by atoms with Crippen LogP contribution < -0.4 is 27.4 Å². The average Bonchev–Trinajstić information content (AvgIpc) is 3.20. The number of carbonyl (C=O) groups is 4. The maximum atomic E-state index is 13.5. The van der Waals surface area contributed by atoms with Crippen molar-refractivity contribution in [2.24, 2.45) is 0 Å². The van der Waals surface area contributed by atoms with E-state index >= 15 is 0 Å². The van der Waals surface area contributed by atoms with Gasteiger partial charge >= 0.3 is 5.97 Å². The number of nitrogen functional groups attached to an aromatic ring is 2. The predicted octanol–water partition coefficient (Wildman–Crippen LogP) is 2.51. The minimum atomic E-state index is -1.23. The molecule has 6 aromatic rings. The number of carbonyl (C=O) groups excluding carboxylic acids is 3. The van der Waals surface area contributed by atoms with Gasteiger partial charge in [-0.25, -0.2) is 33.5 Å². The monoisotopic (exact) mass is 836 g/mol. The van der Waals surface area contributed by atoms with Crippen LogP contribution >= 0.6 is 0 Å². The zero-order valence-corrected chi connectivity index (χ0v) is 32.8. The number of rotatable bonds is 8. The van der Waals surface area contributed by atoms with Crippen molar-refractivity contribution in [3.05, 3.63) is 108 Å². The van der Waals surface area contributed by atoms with Crippen LogP contribution in [0.4, 0.5) is 20.4 Å². The number of carboxylic acid groups (broad SMARTS) is 1. The molecule has 0 spiro atoms. The number of nitrogens with one attached hydrogen (secondary N) is 3. The number of hydrogen-bond donors (Lipinski definition) is 8. The van der Waals surface area contributed by atoms with E-state index in [0.717, 1.165) is 13.1 Å². The number of anilines is 2. The Labute approximate surface area is 346 Å². The van der Waals surface area contributed by atoms with Gasteiger partial charge in [-0.2, -0.15) is 0 Å². The predicted molar refractivity (Wildman–Crippen MR) is 222 cm³/mol. The topological polar surface area (TPSA) is 272 Å². The Morgan fingerprint density at radius 2 is 1.16 bits per heavy atom. The van der Waals surface area contributed by atoms with Gasteiger partial charge in [0.1, 0.15) is 46.5 Å². The van der Waals surface area contributed by atoms with Crippen molar-refractivity contribution < 1.29 is 43.3 Å². The number of fused-ring (bicyclic) bond motifs is 2. The van der Waals surface area contributed by atoms with E-state index in [1.807, 2.05) is 0 Å². The zero-order chi connectivity index (χ0) is 44.0. The largest absolute Gasteiger partial charge is 0.479 e. The number of halogens is 2. The van der Waals surface area contributed by atoms with Crippen LogP contribution in [0.1, 0.15) is 34.6 Å². The molecule has 0 saturated carbocycles. The van der Waals surface area contributed by atoms with Crippen molar-refractivity contribution in [2.75, 3.05) is 37.6 Å². The van der Waals surface area contributed by atoms with Crippen LogP contribution in [0.3, 0.4) is 0 Å². The van der Waals surface area contributed by atoms with E-state index < -0.39 is 18.2 Å². The van der Waals surface area contributed by atoms with Crippen molar-refractivity contribution in [3.8, 4) is 22.5 Å². The third-order valence-electron chi connectivity index (χ3n) is 9.61. The number of benzene rings is 2. The number of amides is 3. The summed E-state index contributed by atoms with van der Waals surface area (Å²) in [4.78, 5) is 65.0. The van der Waals surface area contributed by atoms with Gasteiger partial charge < -0.3 is 47.6 Å². The van der Waals surface area contributed by atoms with Gasteiger partial charge in [-0.05, 0) is 62.4 Å². The standard InChI is InChI=1S/C21H20FN5O3.C18H16FN5O.C3H6O3/c1-11(28)21(30)27-9-14(10-27)25-20(29)16-8-24-19(23)18-15(16)5-6-17(26-18)12-3-2-4-13(22)7-12;19-11-3-1-2-10(6-11)15-5-4-13-14(9-22-17(20)16(13)24-15)18(25)23-12-7-21-8-12;1-2(4)3(5)6/h2-8,11,14,28H,9-10H2,1H3,(H2,23,24)(H,25,29);1-6,9,12,21H,7-8H2,(H2,20,22)(H,23,25);2,4H,1H3,(H,5,6)/t11-;;2-/m1.1/s1. The third kappa shape index (κ3) is 10.3. The summed E-state index contributed by atoms with van der Waals surface area (Å²) in [6, 6.07) is 19.0. The van der Waals surface area contributed by atoms with E-state index in [-0.39, 0.29) is 53.1 Å². The fourth-order valence-electron chi connectivity index (χ4n) is 6.18. The Morgan fingerprint density at radius 3 is 1.54 bits per heavy atom. The number of aliphatic carboxylic acids is 1. The molecule has 0 aliphatic carbocycles. The Bertz CT molecular complexity index is 2620. The summed E-state index contributed by atoms with van der Waals surface area (Å²) in [5, 5.41) is 35.1. The highest BCUT2D eigenvalue weighted by Gasteiger charge is 2.34. The van der Waals surface area contributed by atoms with E-state index in [9.17, 15) is 33.1 Å². The minimum absolute atomic E-state index is 0.125. The van der Waals surface area contributed by atoms with Crippen LogP contribution in [0.15, 0.2) is 85.2 Å². The molecule has 3 amide bonds. The molecule has 2 aliphatic heterocycles. The lowest BCUT2D eigenvalue weighted by atomic mass is 10.0. The number of aliphatic hydroxyl groups excluding tert-OH is 2. The zero-order valence-electron chi connectivity index (χ0n) is 32.8. The number of carboxylic acids is 1. The first-order chi connectivity index (χ1) is 29.1. The van der Waals surface area contributed by atoms with Gasteiger partial charge in [0.15, 0.2) is 0 Å². The first-order valence-corrected chi connectivity index (χ1v) is 18.9. The van der Waals surface area contributed by atoms with Gasteiger partial charge in [-0.1, -0.05) is 24.3 Å². The Kier molecular flexibility index (Phi) is 13.4. The normalized spacial score (nSPS) is 14.6. The first kappa shape index (κ1) is 43.4. The number of pyridine rings is 4. The molecule has 4 aromatic heterocycles. The second-order valence-electron chi connectivity index (χ2n) is 14.3. The van der Waals surface area contributed by atoms with Crippen molar-refractivity contribution in [1.82, 2.24) is 40.8 Å². The fourth-order valence-corrected chi connectivity index (χ4v) is 6.18. The lowest BCUT2D eigenvalue weighted by molar-refractivity contribution is -0.145. The molecule has 0 bridgehead atoms. The first-order valence-electron chi connectivity index (χ1n) is 18.9. The average molecular weight is 837 g/mol. The summed E-state index contributed by atoms with van der Waals surface area (Å²) < 4.78 is 27.0. The highest BCUT2D eigenvalue weighted by molar-refractivity contribution is 6.09. The van der Waals surface area contributed by atoms with Crippen molar-refractivity contribution >= 4 is 57.1 Å². The molecule has 0 radical (unpaired) electrons. The number of hydrogen-bond acceptors (Lipinski definition) is 13. The van der Waals surface area contributed by atoms with Crippen LogP contribution in [0.25, 0.3) is 44.3 Å². The maximum absolute atomic E-state index is 13.5. The minimum Gasteiger partial charge on any atom is -0.479 e. The lowest BCUT2D eigenvalue weighted by Gasteiger charge is -2.40. The van der Waals surface area contributed by atoms with Crippen LogP contribution in [0, 0.1) is 11.6 Å². The van der Waals surface area contributed by atoms with Crippen LogP contribution in [0.2, 0.25) is 0 Å². The van der Waals surface area contributed by atoms with Gasteiger partial charge in [-0.3, -0.25) is 14.4 Å². The lowest BCUT2D eigenvalue weighted by Crippen LogP contribution is -2.62. The van der Waals surface area contributed by atoms with Gasteiger partial charge in [0.2, 0.25) is 0 Å². The second-order valence-corrected chi connectivity index (χ2v) is 14.3. The fraction of sp³-hybridized carbons (Fsp3) is 0.238. The Hall–Kier alpha value is -7.22. The molecule has 17 nitrogen and oxygen atoms in total. The molecule has 8 rings (SSSR count). The molecule has 2 fully saturated rings. The molecule has 2 aromatic carbocycles. The quantitative estimate of drug-likeness (QED) is 0.110. The van der Waals surface area contributed by atoms with Crippen LogP contribution in [-0.2, 0) is 9.59 Å². The highest BCUT2D eigenvalue weighted by Crippen LogP contribution is 2.28. The van der Waals surface area contributed by atoms with Crippen molar-refractivity contribution in [3.63, 3.8) is 0 Å². The summed E-state index contributed by atoms with van der Waals surface area (Å²) in [6.07, 6.45) is 0.548. The summed E-state index contributed by atoms with van der Waals surface area (Å²) in [7, 11) is 0. The van der Waals surface area contributed by atoms with E-state index in [1.54, 1.807) is 48.5 Å². The summed E-state index contributed by atoms with van der Waals surface area (Å²) in [5.74, 6) is -2.44. The molecular formula is C42H42F2N10O7. The summed E-state index contributed by atoms with van der Waals surface area (Å²) in [6.45, 7) is 4.78. The molecule has 316 valence electrons. The molecule has 2 saturated heterocycles. The molecule has 2 aliphatic rings. The molecule has 61 heavy (non-hydrogen) atoms. The smallest absolute Gasteiger partial charge is 0.332 e. The van der Waals surface area contributed by atoms with Crippen molar-refractivity contribution in [1.29, 1.82) is 0 Å². The van der Waals surface area contributed by atoms with Gasteiger partial charge in [0.05, 0.1) is 34.6 Å². The van der Waals surface area contributed by atoms with Crippen LogP contribution in [0.5, 0.6) is 0 Å². The van der Waals surface area contributed by atoms with Crippen LogP contribution in [-0.4, -0.2) is 114 Å². The molecule has 19 heteroatoms. The summed E-state index contributed by atoms with van der Waals surface area (Å²) in [5.41, 5.74) is 15.7. The molecule has 2 atom stereocenters. The number of nitrogens with two attached hydrogens (primary N) is 2. The number of likely N-dealkylation sites (tertiary alicyclic amines) is 1. The maximum Gasteiger partial charge on any atom is 0.332 e. The van der Waals surface area contributed by atoms with Gasteiger partial charge in [-0.15, -0.1) is 0 Å². The van der Waals surface area contributed by atoms with Gasteiger partial charge in [0.25, 0.3) is 17.7 Å². The van der Waals surface area contributed by atoms with E-state index in [4.69, 9.17) is 21.7 Å². The third-order valence-corrected chi connectivity index (χ3v) is 9.61. The number of aliphatic hydroxyl groups is 2. The molecule has 0 unspecified atom stereocenters. The highest BCUT2D eigenvalue weighted by atomic mass is 19.1. The Morgan fingerprint density at radius 1 is 0.721 bits per heavy atom. The molecular weight excluding hydrogens is 795 g/mol. The second kappa shape index (κ2) is 18.8. The summed E-state index contributed by atoms with van der Waals surface area (Å²) >= 11 is 0. The molecule has 10 N–H and O–H groups in total. The van der Waals surface area contributed by atoms with E-state index in [2.05, 4.69) is 35.9 Å². The number of aromatic nitrogens is 4. The van der Waals surface area contributed by atoms with Crippen molar-refractivity contribution in [2.45, 2.75) is 38.1 Å².